The Kier molecular flexibility index (Phi) is 5.66. The van der Waals surface area contributed by atoms with Gasteiger partial charge in [-0.1, -0.05) is 11.8 Å². The summed E-state index contributed by atoms with van der Waals surface area (Å²) in [5.41, 5.74) is 2.33. The van der Waals surface area contributed by atoms with Gasteiger partial charge in [-0.15, -0.1) is 12.3 Å². The molecule has 0 aliphatic rings. The fourth-order valence-electron chi connectivity index (χ4n) is 1.60. The molecular weight excluding hydrogens is 240 g/mol. The van der Waals surface area contributed by atoms with Crippen LogP contribution in [0.25, 0.3) is 0 Å². The van der Waals surface area contributed by atoms with Gasteiger partial charge in [0.25, 0.3) is 0 Å². The molecule has 0 atom stereocenters. The number of anilines is 1. The molecule has 19 heavy (non-hydrogen) atoms. The quantitative estimate of drug-likeness (QED) is 0.772. The van der Waals surface area contributed by atoms with Crippen LogP contribution in [-0.4, -0.2) is 40.6 Å². The highest BCUT2D eigenvalue weighted by Crippen LogP contribution is 2.15. The zero-order valence-electron chi connectivity index (χ0n) is 11.5. The van der Waals surface area contributed by atoms with Crippen LogP contribution < -0.4 is 5.32 Å². The second kappa shape index (κ2) is 7.25. The first-order valence-corrected chi connectivity index (χ1v) is 5.95. The number of hydrogen-bond donors (Lipinski definition) is 2. The summed E-state index contributed by atoms with van der Waals surface area (Å²) in [6.45, 7) is 6.54. The third kappa shape index (κ3) is 4.50. The highest BCUT2D eigenvalue weighted by Gasteiger charge is 2.13. The van der Waals surface area contributed by atoms with Crippen molar-refractivity contribution >= 4 is 11.6 Å². The fourth-order valence-corrected chi connectivity index (χ4v) is 1.60. The normalized spacial score (nSPS) is 9.63. The van der Waals surface area contributed by atoms with Crippen molar-refractivity contribution in [2.24, 2.45) is 0 Å². The van der Waals surface area contributed by atoms with Crippen molar-refractivity contribution in [3.63, 3.8) is 0 Å². The minimum absolute atomic E-state index is 0.124. The minimum Gasteiger partial charge on any atom is -0.322 e. The van der Waals surface area contributed by atoms with Gasteiger partial charge in [0.05, 0.1) is 36.7 Å². The van der Waals surface area contributed by atoms with Crippen molar-refractivity contribution in [3.05, 3.63) is 11.4 Å². The summed E-state index contributed by atoms with van der Waals surface area (Å²) in [7, 11) is 0. The Labute approximate surface area is 113 Å². The molecule has 100 valence electrons. The molecule has 1 heterocycles. The molecule has 0 radical (unpaired) electrons. The van der Waals surface area contributed by atoms with Crippen LogP contribution in [0.4, 0.5) is 5.69 Å². The molecule has 5 nitrogen and oxygen atoms in total. The number of H-pyrrole nitrogens is 1. The number of nitrogens with zero attached hydrogens (tertiary/aromatic N) is 2. The highest BCUT2D eigenvalue weighted by molar-refractivity contribution is 5.93. The van der Waals surface area contributed by atoms with Crippen LogP contribution in [0.15, 0.2) is 0 Å². The van der Waals surface area contributed by atoms with Crippen molar-refractivity contribution in [2.75, 3.05) is 25.0 Å². The van der Waals surface area contributed by atoms with Gasteiger partial charge < -0.3 is 5.32 Å². The Morgan fingerprint density at radius 2 is 2.21 bits per heavy atom. The predicted molar refractivity (Wildman–Crippen MR) is 75.4 cm³/mol. The second-order valence-corrected chi connectivity index (χ2v) is 4.13. The lowest BCUT2D eigenvalue weighted by molar-refractivity contribution is -0.117. The number of terminal acetylenes is 1. The fraction of sp³-hybridized carbons (Fsp3) is 0.429. The van der Waals surface area contributed by atoms with Gasteiger partial charge in [0.1, 0.15) is 0 Å². The molecule has 1 rings (SSSR count). The van der Waals surface area contributed by atoms with E-state index in [0.717, 1.165) is 17.1 Å². The van der Waals surface area contributed by atoms with E-state index in [0.29, 0.717) is 13.1 Å². The summed E-state index contributed by atoms with van der Waals surface area (Å²) >= 11 is 0. The van der Waals surface area contributed by atoms with Gasteiger partial charge in [-0.2, -0.15) is 5.10 Å². The molecule has 1 amide bonds. The molecular formula is C14H18N4O. The Morgan fingerprint density at radius 3 is 2.74 bits per heavy atom. The number of rotatable bonds is 5. The maximum Gasteiger partial charge on any atom is 0.238 e. The maximum absolute atomic E-state index is 12.0. The molecule has 5 heteroatoms. The molecule has 0 unspecified atom stereocenters. The van der Waals surface area contributed by atoms with Crippen LogP contribution in [0.3, 0.4) is 0 Å². The standard InChI is InChI=1S/C14H18N4O/c1-5-7-9-18(8-6-2)10-13(19)15-14-11(3)16-17-12(14)4/h2H,8-10H2,1,3-4H3,(H,15,19)(H,16,17). The topological polar surface area (TPSA) is 61.0 Å². The summed E-state index contributed by atoms with van der Waals surface area (Å²) in [5, 5.41) is 9.68. The van der Waals surface area contributed by atoms with E-state index in [1.165, 1.54) is 0 Å². The molecule has 1 aromatic rings. The Hall–Kier alpha value is -2.24. The third-order valence-corrected chi connectivity index (χ3v) is 2.55. The molecule has 0 aromatic carbocycles. The Balaban J connectivity index is 2.62. The molecule has 2 N–H and O–H groups in total. The SMILES string of the molecule is C#CCN(CC#CC)CC(=O)Nc1c(C)n[nH]c1C. The lowest BCUT2D eigenvalue weighted by Gasteiger charge is -2.16. The first kappa shape index (κ1) is 14.8. The largest absolute Gasteiger partial charge is 0.322 e. The number of aryl methyl sites for hydroxylation is 2. The zero-order chi connectivity index (χ0) is 14.3. The van der Waals surface area contributed by atoms with E-state index in [1.54, 1.807) is 11.8 Å². The maximum atomic E-state index is 12.0. The van der Waals surface area contributed by atoms with Crippen LogP contribution in [0.2, 0.25) is 0 Å². The van der Waals surface area contributed by atoms with Gasteiger partial charge in [-0.3, -0.25) is 14.8 Å². The number of amides is 1. The lowest BCUT2D eigenvalue weighted by Crippen LogP contribution is -2.34. The summed E-state index contributed by atoms with van der Waals surface area (Å²) in [6.07, 6.45) is 5.27. The van der Waals surface area contributed by atoms with Gasteiger partial charge >= 0.3 is 0 Å². The van der Waals surface area contributed by atoms with Crippen LogP contribution >= 0.6 is 0 Å². The van der Waals surface area contributed by atoms with E-state index in [2.05, 4.69) is 33.3 Å². The smallest absolute Gasteiger partial charge is 0.238 e. The van der Waals surface area contributed by atoms with Crippen molar-refractivity contribution in [1.29, 1.82) is 0 Å². The van der Waals surface area contributed by atoms with Gasteiger partial charge in [-0.05, 0) is 20.8 Å². The molecule has 0 bridgehead atoms. The number of hydrogen-bond acceptors (Lipinski definition) is 3. The third-order valence-electron chi connectivity index (χ3n) is 2.55. The first-order valence-electron chi connectivity index (χ1n) is 5.95. The molecule has 0 aliphatic carbocycles. The van der Waals surface area contributed by atoms with Crippen LogP contribution in [-0.2, 0) is 4.79 Å². The Morgan fingerprint density at radius 1 is 1.47 bits per heavy atom. The van der Waals surface area contributed by atoms with E-state index in [9.17, 15) is 4.79 Å². The van der Waals surface area contributed by atoms with E-state index >= 15 is 0 Å². The minimum atomic E-state index is -0.124. The van der Waals surface area contributed by atoms with E-state index in [-0.39, 0.29) is 12.5 Å². The number of carbonyl (C=O) groups is 1. The summed E-state index contributed by atoms with van der Waals surface area (Å²) < 4.78 is 0. The summed E-state index contributed by atoms with van der Waals surface area (Å²) in [6, 6.07) is 0. The van der Waals surface area contributed by atoms with Crippen LogP contribution in [0, 0.1) is 38.0 Å². The number of aromatic amines is 1. The van der Waals surface area contributed by atoms with Gasteiger partial charge in [-0.25, -0.2) is 0 Å². The van der Waals surface area contributed by atoms with Crippen molar-refractivity contribution in [3.8, 4) is 24.2 Å². The van der Waals surface area contributed by atoms with Gasteiger partial charge in [0.2, 0.25) is 5.91 Å². The van der Waals surface area contributed by atoms with Gasteiger partial charge in [0, 0.05) is 0 Å². The van der Waals surface area contributed by atoms with E-state index < -0.39 is 0 Å². The van der Waals surface area contributed by atoms with E-state index in [1.807, 2.05) is 13.8 Å². The zero-order valence-corrected chi connectivity index (χ0v) is 11.5. The molecule has 0 saturated carbocycles. The average molecular weight is 258 g/mol. The number of aromatic nitrogens is 2. The Bertz CT molecular complexity index is 523. The second-order valence-electron chi connectivity index (χ2n) is 4.13. The van der Waals surface area contributed by atoms with Crippen LogP contribution in [0.1, 0.15) is 18.3 Å². The molecule has 0 spiro atoms. The molecule has 1 aromatic heterocycles. The predicted octanol–water partition coefficient (Wildman–Crippen LogP) is 0.924. The van der Waals surface area contributed by atoms with Gasteiger partial charge in [0.15, 0.2) is 0 Å². The summed E-state index contributed by atoms with van der Waals surface area (Å²) in [4.78, 5) is 13.8. The molecule has 0 saturated heterocycles. The van der Waals surface area contributed by atoms with Crippen LogP contribution in [0.5, 0.6) is 0 Å². The van der Waals surface area contributed by atoms with Crippen molar-refractivity contribution in [2.45, 2.75) is 20.8 Å². The van der Waals surface area contributed by atoms with E-state index in [4.69, 9.17) is 6.42 Å². The first-order chi connectivity index (χ1) is 9.08. The number of carbonyl (C=O) groups excluding carboxylic acids is 1. The lowest BCUT2D eigenvalue weighted by atomic mass is 10.3. The highest BCUT2D eigenvalue weighted by atomic mass is 16.2. The summed E-state index contributed by atoms with van der Waals surface area (Å²) in [5.74, 6) is 8.09. The monoisotopic (exact) mass is 258 g/mol. The molecule has 0 aliphatic heterocycles. The average Bonchev–Trinajstić information content (AvgIpc) is 2.68. The van der Waals surface area contributed by atoms with Crippen molar-refractivity contribution < 1.29 is 4.79 Å². The molecule has 0 fully saturated rings. The van der Waals surface area contributed by atoms with Crippen molar-refractivity contribution in [1.82, 2.24) is 15.1 Å². The number of nitrogens with one attached hydrogen (secondary N) is 2.